The van der Waals surface area contributed by atoms with Gasteiger partial charge in [0, 0.05) is 32.2 Å². The minimum atomic E-state index is -0.444. The maximum Gasteiger partial charge on any atom is 0.307 e. The maximum absolute atomic E-state index is 12.3. The molecule has 0 amide bonds. The van der Waals surface area contributed by atoms with Gasteiger partial charge in [0.15, 0.2) is 5.79 Å². The average Bonchev–Trinajstić information content (AvgIpc) is 3.62. The van der Waals surface area contributed by atoms with Crippen molar-refractivity contribution in [2.45, 2.75) is 211 Å². The summed E-state index contributed by atoms with van der Waals surface area (Å²) in [5, 5.41) is 0. The summed E-state index contributed by atoms with van der Waals surface area (Å²) in [6, 6.07) is 0. The molecule has 0 aromatic carbocycles. The number of rotatable bonds is 32. The molecule has 0 aromatic heterocycles. The number of hydrogen-bond donors (Lipinski definition) is 0. The Balaban J connectivity index is 1.65. The van der Waals surface area contributed by atoms with Crippen LogP contribution >= 0.6 is 0 Å². The van der Waals surface area contributed by atoms with E-state index < -0.39 is 5.79 Å². The van der Waals surface area contributed by atoms with Crippen molar-refractivity contribution in [3.8, 4) is 0 Å². The van der Waals surface area contributed by atoms with Crippen LogP contribution < -0.4 is 0 Å². The van der Waals surface area contributed by atoms with Gasteiger partial charge in [-0.25, -0.2) is 0 Å². The quantitative estimate of drug-likeness (QED) is 0.0398. The van der Waals surface area contributed by atoms with Crippen LogP contribution in [0.1, 0.15) is 187 Å². The SMILES string of the molecule is CCCC/C=C\C/C=C\CCCCCCCCC1(CCCCCCCC/C=C\C/C=C\CCCC)O[C@H]2C[C@@H](OC(=O)CCN(C)C)C[C@H]2O1. The minimum absolute atomic E-state index is 0.0569. The zero-order valence-electron chi connectivity index (χ0n) is 33.2. The third-order valence-electron chi connectivity index (χ3n) is 10.2. The zero-order valence-corrected chi connectivity index (χ0v) is 33.2. The molecular weight excluding hydrogens is 618 g/mol. The zero-order chi connectivity index (χ0) is 36.0. The highest BCUT2D eigenvalue weighted by molar-refractivity contribution is 5.69. The second-order valence-corrected chi connectivity index (χ2v) is 15.3. The van der Waals surface area contributed by atoms with E-state index in [2.05, 4.69) is 62.5 Å². The van der Waals surface area contributed by atoms with Gasteiger partial charge in [0.2, 0.25) is 0 Å². The van der Waals surface area contributed by atoms with Gasteiger partial charge >= 0.3 is 5.97 Å². The summed E-state index contributed by atoms with van der Waals surface area (Å²) in [6.07, 6.45) is 50.1. The van der Waals surface area contributed by atoms with Crippen LogP contribution in [0.15, 0.2) is 48.6 Å². The Hall–Kier alpha value is -1.69. The van der Waals surface area contributed by atoms with E-state index in [4.69, 9.17) is 14.2 Å². The molecular formula is C45H79NO4. The number of allylic oxidation sites excluding steroid dienone is 8. The van der Waals surface area contributed by atoms with Crippen molar-refractivity contribution in [2.75, 3.05) is 20.6 Å². The van der Waals surface area contributed by atoms with Gasteiger partial charge in [-0.3, -0.25) is 4.79 Å². The fraction of sp³-hybridized carbons (Fsp3) is 0.800. The Bertz CT molecular complexity index is 875. The molecule has 1 aliphatic heterocycles. The molecule has 2 aliphatic rings. The largest absolute Gasteiger partial charge is 0.462 e. The molecule has 288 valence electrons. The standard InChI is InChI=1S/C45H79NO4/c1-5-7-9-11-13-15-17-19-21-23-25-27-29-31-33-36-45(37-34-32-30-28-26-24-22-20-18-16-14-12-10-8-6-2)49-42-39-41(40-43(42)50-45)48-44(47)35-38-46(3)4/h11-14,17-20,41-43H,5-10,15-16,21-40H2,1-4H3/b13-11-,14-12-,19-17-,20-18-/t41-,42+,43-. The van der Waals surface area contributed by atoms with Crippen LogP contribution in [0, 0.1) is 0 Å². The van der Waals surface area contributed by atoms with Crippen molar-refractivity contribution in [3.05, 3.63) is 48.6 Å². The van der Waals surface area contributed by atoms with Gasteiger partial charge in [-0.05, 0) is 78.3 Å². The average molecular weight is 698 g/mol. The lowest BCUT2D eigenvalue weighted by Gasteiger charge is -2.30. The van der Waals surface area contributed by atoms with E-state index in [1.54, 1.807) is 0 Å². The summed E-state index contributed by atoms with van der Waals surface area (Å²) in [4.78, 5) is 14.4. The Morgan fingerprint density at radius 1 is 0.600 bits per heavy atom. The third-order valence-corrected chi connectivity index (χ3v) is 10.2. The summed E-state index contributed by atoms with van der Waals surface area (Å²) in [5.74, 6) is -0.548. The lowest BCUT2D eigenvalue weighted by molar-refractivity contribution is -0.196. The molecule has 1 saturated heterocycles. The number of carbonyl (C=O) groups is 1. The molecule has 0 radical (unpaired) electrons. The molecule has 0 spiro atoms. The smallest absolute Gasteiger partial charge is 0.307 e. The van der Waals surface area contributed by atoms with Gasteiger partial charge in [-0.2, -0.15) is 0 Å². The highest BCUT2D eigenvalue weighted by atomic mass is 16.8. The second kappa shape index (κ2) is 29.8. The highest BCUT2D eigenvalue weighted by Gasteiger charge is 2.52. The fourth-order valence-corrected chi connectivity index (χ4v) is 7.15. The van der Waals surface area contributed by atoms with Crippen LogP contribution in [0.5, 0.6) is 0 Å². The highest BCUT2D eigenvalue weighted by Crippen LogP contribution is 2.44. The van der Waals surface area contributed by atoms with Gasteiger partial charge in [-0.1, -0.05) is 140 Å². The van der Waals surface area contributed by atoms with Crippen LogP contribution in [0.3, 0.4) is 0 Å². The van der Waals surface area contributed by atoms with Crippen molar-refractivity contribution in [1.82, 2.24) is 4.90 Å². The van der Waals surface area contributed by atoms with Gasteiger partial charge in [-0.15, -0.1) is 0 Å². The molecule has 3 atom stereocenters. The van der Waals surface area contributed by atoms with Gasteiger partial charge in [0.05, 0.1) is 18.6 Å². The van der Waals surface area contributed by atoms with Crippen LogP contribution in [0.2, 0.25) is 0 Å². The first-order valence-electron chi connectivity index (χ1n) is 21.3. The van der Waals surface area contributed by atoms with E-state index in [1.807, 2.05) is 19.0 Å². The predicted octanol–water partition coefficient (Wildman–Crippen LogP) is 12.8. The summed E-state index contributed by atoms with van der Waals surface area (Å²) in [7, 11) is 3.97. The van der Waals surface area contributed by atoms with Crippen LogP contribution in [0.25, 0.3) is 0 Å². The number of hydrogen-bond acceptors (Lipinski definition) is 5. The molecule has 1 saturated carbocycles. The van der Waals surface area contributed by atoms with Crippen LogP contribution in [-0.4, -0.2) is 55.6 Å². The minimum Gasteiger partial charge on any atom is -0.462 e. The van der Waals surface area contributed by atoms with Gasteiger partial charge in [0.25, 0.3) is 0 Å². The molecule has 1 heterocycles. The Kier molecular flexibility index (Phi) is 26.5. The van der Waals surface area contributed by atoms with E-state index in [0.717, 1.165) is 57.9 Å². The van der Waals surface area contributed by atoms with Crippen molar-refractivity contribution in [2.24, 2.45) is 0 Å². The molecule has 5 nitrogen and oxygen atoms in total. The molecule has 0 N–H and O–H groups in total. The first-order chi connectivity index (χ1) is 24.5. The van der Waals surface area contributed by atoms with Gasteiger partial charge < -0.3 is 19.1 Å². The van der Waals surface area contributed by atoms with Crippen molar-refractivity contribution in [3.63, 3.8) is 0 Å². The van der Waals surface area contributed by atoms with E-state index in [1.165, 1.54) is 116 Å². The number of unbranched alkanes of at least 4 members (excludes halogenated alkanes) is 16. The van der Waals surface area contributed by atoms with E-state index in [-0.39, 0.29) is 24.3 Å². The Morgan fingerprint density at radius 3 is 1.42 bits per heavy atom. The number of nitrogens with zero attached hydrogens (tertiary/aromatic N) is 1. The molecule has 2 fully saturated rings. The van der Waals surface area contributed by atoms with Crippen molar-refractivity contribution in [1.29, 1.82) is 0 Å². The predicted molar refractivity (Wildman–Crippen MR) is 213 cm³/mol. The van der Waals surface area contributed by atoms with E-state index in [0.29, 0.717) is 6.42 Å². The maximum atomic E-state index is 12.3. The fourth-order valence-electron chi connectivity index (χ4n) is 7.15. The monoisotopic (exact) mass is 698 g/mol. The summed E-state index contributed by atoms with van der Waals surface area (Å²) in [5.41, 5.74) is 0. The lowest BCUT2D eigenvalue weighted by Crippen LogP contribution is -2.33. The number of carbonyl (C=O) groups excluding carboxylic acids is 1. The first-order valence-corrected chi connectivity index (χ1v) is 21.3. The molecule has 0 bridgehead atoms. The molecule has 0 unspecified atom stereocenters. The van der Waals surface area contributed by atoms with E-state index >= 15 is 0 Å². The van der Waals surface area contributed by atoms with Gasteiger partial charge in [0.1, 0.15) is 6.10 Å². The topological polar surface area (TPSA) is 48.0 Å². The lowest BCUT2D eigenvalue weighted by atomic mass is 9.98. The number of ether oxygens (including phenoxy) is 3. The van der Waals surface area contributed by atoms with E-state index in [9.17, 15) is 4.79 Å². The first kappa shape index (κ1) is 44.5. The van der Waals surface area contributed by atoms with Crippen molar-refractivity contribution >= 4 is 5.97 Å². The Morgan fingerprint density at radius 2 is 1.00 bits per heavy atom. The molecule has 50 heavy (non-hydrogen) atoms. The summed E-state index contributed by atoms with van der Waals surface area (Å²) in [6.45, 7) is 5.22. The van der Waals surface area contributed by atoms with Crippen molar-refractivity contribution < 1.29 is 19.0 Å². The van der Waals surface area contributed by atoms with Crippen LogP contribution in [-0.2, 0) is 19.0 Å². The molecule has 2 rings (SSSR count). The number of esters is 1. The number of fused-ring (bicyclic) bond motifs is 1. The summed E-state index contributed by atoms with van der Waals surface area (Å²) < 4.78 is 19.4. The third kappa shape index (κ3) is 22.3. The Labute approximate surface area is 309 Å². The second-order valence-electron chi connectivity index (χ2n) is 15.3. The van der Waals surface area contributed by atoms with Crippen LogP contribution in [0.4, 0.5) is 0 Å². The molecule has 0 aromatic rings. The molecule has 5 heteroatoms. The molecule has 1 aliphatic carbocycles. The normalized spacial score (nSPS) is 20.5. The summed E-state index contributed by atoms with van der Waals surface area (Å²) >= 11 is 0.